The highest BCUT2D eigenvalue weighted by atomic mass is 19.1. The Morgan fingerprint density at radius 3 is 2.40 bits per heavy atom. The Kier molecular flexibility index (Phi) is 4.37. The minimum Gasteiger partial charge on any atom is -0.481 e. The number of para-hydroxylation sites is 1. The highest BCUT2D eigenvalue weighted by molar-refractivity contribution is 5.97. The molecule has 1 aliphatic rings. The zero-order valence-corrected chi connectivity index (χ0v) is 11.4. The predicted octanol–water partition coefficient (Wildman–Crippen LogP) is 2.68. The number of anilines is 1. The van der Waals surface area contributed by atoms with Crippen molar-refractivity contribution in [3.8, 4) is 0 Å². The molecule has 5 heteroatoms. The zero-order valence-electron chi connectivity index (χ0n) is 11.4. The SMILES string of the molecule is CN(C(=O)[C@@H]1CCCC[C@@H]1C(=O)O)c1ccccc1F. The van der Waals surface area contributed by atoms with Crippen LogP contribution >= 0.6 is 0 Å². The van der Waals surface area contributed by atoms with Crippen LogP contribution in [0.15, 0.2) is 24.3 Å². The van der Waals surface area contributed by atoms with Gasteiger partial charge in [-0.1, -0.05) is 25.0 Å². The molecular formula is C15H18FNO3. The van der Waals surface area contributed by atoms with Crippen molar-refractivity contribution >= 4 is 17.6 Å². The summed E-state index contributed by atoms with van der Waals surface area (Å²) in [6.45, 7) is 0. The first-order chi connectivity index (χ1) is 9.52. The molecule has 0 aromatic heterocycles. The maximum Gasteiger partial charge on any atom is 0.307 e. The minimum absolute atomic E-state index is 0.187. The summed E-state index contributed by atoms with van der Waals surface area (Å²) in [6.07, 6.45) is 2.72. The van der Waals surface area contributed by atoms with Crippen LogP contribution in [-0.4, -0.2) is 24.0 Å². The lowest BCUT2D eigenvalue weighted by Gasteiger charge is -2.31. The Hall–Kier alpha value is -1.91. The third-order valence-corrected chi connectivity index (χ3v) is 3.94. The lowest BCUT2D eigenvalue weighted by Crippen LogP contribution is -2.41. The fraction of sp³-hybridized carbons (Fsp3) is 0.467. The lowest BCUT2D eigenvalue weighted by atomic mass is 9.78. The Balaban J connectivity index is 2.21. The number of carbonyl (C=O) groups is 2. The second-order valence-electron chi connectivity index (χ2n) is 5.18. The van der Waals surface area contributed by atoms with Crippen LogP contribution in [-0.2, 0) is 9.59 Å². The van der Waals surface area contributed by atoms with Crippen LogP contribution in [0.25, 0.3) is 0 Å². The molecule has 2 rings (SSSR count). The smallest absolute Gasteiger partial charge is 0.307 e. The Labute approximate surface area is 117 Å². The average molecular weight is 279 g/mol. The van der Waals surface area contributed by atoms with Gasteiger partial charge in [0.25, 0.3) is 0 Å². The topological polar surface area (TPSA) is 57.6 Å². The summed E-state index contributed by atoms with van der Waals surface area (Å²) >= 11 is 0. The fourth-order valence-corrected chi connectivity index (χ4v) is 2.81. The first kappa shape index (κ1) is 14.5. The van der Waals surface area contributed by atoms with Gasteiger partial charge in [0.2, 0.25) is 5.91 Å². The van der Waals surface area contributed by atoms with E-state index in [0.717, 1.165) is 12.8 Å². The highest BCUT2D eigenvalue weighted by Crippen LogP contribution is 2.33. The largest absolute Gasteiger partial charge is 0.481 e. The van der Waals surface area contributed by atoms with Gasteiger partial charge in [-0.05, 0) is 25.0 Å². The van der Waals surface area contributed by atoms with E-state index in [4.69, 9.17) is 0 Å². The molecule has 2 atom stereocenters. The molecule has 0 bridgehead atoms. The molecule has 0 saturated heterocycles. The summed E-state index contributed by atoms with van der Waals surface area (Å²) in [7, 11) is 1.49. The first-order valence-corrected chi connectivity index (χ1v) is 6.77. The molecule has 0 spiro atoms. The Bertz CT molecular complexity index is 518. The van der Waals surface area contributed by atoms with Crippen molar-refractivity contribution in [1.29, 1.82) is 0 Å². The van der Waals surface area contributed by atoms with Gasteiger partial charge >= 0.3 is 5.97 Å². The fourth-order valence-electron chi connectivity index (χ4n) is 2.81. The molecule has 1 fully saturated rings. The van der Waals surface area contributed by atoms with Crippen LogP contribution in [0.1, 0.15) is 25.7 Å². The minimum atomic E-state index is -0.940. The molecule has 4 nitrogen and oxygen atoms in total. The molecule has 1 saturated carbocycles. The van der Waals surface area contributed by atoms with Crippen LogP contribution in [0.3, 0.4) is 0 Å². The van der Waals surface area contributed by atoms with Gasteiger partial charge in [0.15, 0.2) is 0 Å². The van der Waals surface area contributed by atoms with Crippen molar-refractivity contribution in [3.05, 3.63) is 30.1 Å². The summed E-state index contributed by atoms with van der Waals surface area (Å²) in [5, 5.41) is 9.22. The third-order valence-electron chi connectivity index (χ3n) is 3.94. The molecule has 20 heavy (non-hydrogen) atoms. The quantitative estimate of drug-likeness (QED) is 0.925. The normalized spacial score (nSPS) is 22.3. The lowest BCUT2D eigenvalue weighted by molar-refractivity contribution is -0.148. The molecule has 0 heterocycles. The number of carboxylic acids is 1. The number of hydrogen-bond acceptors (Lipinski definition) is 2. The van der Waals surface area contributed by atoms with Crippen LogP contribution in [0.5, 0.6) is 0 Å². The number of rotatable bonds is 3. The van der Waals surface area contributed by atoms with E-state index in [1.54, 1.807) is 12.1 Å². The van der Waals surface area contributed by atoms with Crippen molar-refractivity contribution in [2.75, 3.05) is 11.9 Å². The number of carbonyl (C=O) groups excluding carboxylic acids is 1. The van der Waals surface area contributed by atoms with E-state index in [1.807, 2.05) is 0 Å². The Morgan fingerprint density at radius 2 is 1.80 bits per heavy atom. The van der Waals surface area contributed by atoms with Crippen LogP contribution in [0, 0.1) is 17.7 Å². The van der Waals surface area contributed by atoms with Crippen molar-refractivity contribution < 1.29 is 19.1 Å². The molecule has 0 radical (unpaired) electrons. The van der Waals surface area contributed by atoms with Crippen molar-refractivity contribution in [3.63, 3.8) is 0 Å². The molecule has 1 aliphatic carbocycles. The molecule has 1 N–H and O–H groups in total. The van der Waals surface area contributed by atoms with E-state index in [9.17, 15) is 19.1 Å². The maximum absolute atomic E-state index is 13.7. The molecule has 0 aliphatic heterocycles. The van der Waals surface area contributed by atoms with E-state index in [-0.39, 0.29) is 11.6 Å². The maximum atomic E-state index is 13.7. The van der Waals surface area contributed by atoms with Crippen molar-refractivity contribution in [1.82, 2.24) is 0 Å². The monoisotopic (exact) mass is 279 g/mol. The number of hydrogen-bond donors (Lipinski definition) is 1. The summed E-state index contributed by atoms with van der Waals surface area (Å²) in [6, 6.07) is 6.01. The van der Waals surface area contributed by atoms with E-state index in [2.05, 4.69) is 0 Å². The molecule has 108 valence electrons. The van der Waals surface area contributed by atoms with Gasteiger partial charge in [-0.25, -0.2) is 4.39 Å². The molecular weight excluding hydrogens is 261 g/mol. The average Bonchev–Trinajstić information content (AvgIpc) is 2.46. The molecule has 1 aromatic rings. The summed E-state index contributed by atoms with van der Waals surface area (Å²) in [4.78, 5) is 24.9. The van der Waals surface area contributed by atoms with Gasteiger partial charge in [0, 0.05) is 7.05 Å². The second kappa shape index (κ2) is 6.03. The number of halogens is 1. The van der Waals surface area contributed by atoms with Gasteiger partial charge in [0.05, 0.1) is 17.5 Å². The number of aliphatic carboxylic acids is 1. The summed E-state index contributed by atoms with van der Waals surface area (Å²) in [5.74, 6) is -2.96. The van der Waals surface area contributed by atoms with Crippen molar-refractivity contribution in [2.45, 2.75) is 25.7 Å². The third kappa shape index (κ3) is 2.81. The molecule has 0 unspecified atom stereocenters. The van der Waals surface area contributed by atoms with Crippen LogP contribution in [0.2, 0.25) is 0 Å². The van der Waals surface area contributed by atoms with Gasteiger partial charge in [-0.3, -0.25) is 9.59 Å². The number of carboxylic acid groups (broad SMARTS) is 1. The summed E-state index contributed by atoms with van der Waals surface area (Å²) in [5.41, 5.74) is 0.187. The van der Waals surface area contributed by atoms with Gasteiger partial charge < -0.3 is 10.0 Å². The second-order valence-corrected chi connectivity index (χ2v) is 5.18. The van der Waals surface area contributed by atoms with Crippen molar-refractivity contribution in [2.24, 2.45) is 11.8 Å². The van der Waals surface area contributed by atoms with Crippen LogP contribution in [0.4, 0.5) is 10.1 Å². The number of amides is 1. The van der Waals surface area contributed by atoms with Gasteiger partial charge in [0.1, 0.15) is 5.82 Å². The number of nitrogens with zero attached hydrogens (tertiary/aromatic N) is 1. The summed E-state index contributed by atoms with van der Waals surface area (Å²) < 4.78 is 13.7. The van der Waals surface area contributed by atoms with E-state index in [0.29, 0.717) is 12.8 Å². The van der Waals surface area contributed by atoms with Gasteiger partial charge in [-0.2, -0.15) is 0 Å². The zero-order chi connectivity index (χ0) is 14.7. The predicted molar refractivity (Wildman–Crippen MR) is 72.9 cm³/mol. The number of benzene rings is 1. The Morgan fingerprint density at radius 1 is 1.20 bits per heavy atom. The van der Waals surface area contributed by atoms with E-state index < -0.39 is 23.6 Å². The molecule has 1 aromatic carbocycles. The first-order valence-electron chi connectivity index (χ1n) is 6.77. The van der Waals surface area contributed by atoms with Gasteiger partial charge in [-0.15, -0.1) is 0 Å². The van der Waals surface area contributed by atoms with Crippen LogP contribution < -0.4 is 4.90 Å². The molecule has 1 amide bonds. The van der Waals surface area contributed by atoms with E-state index in [1.165, 1.54) is 24.1 Å². The van der Waals surface area contributed by atoms with E-state index >= 15 is 0 Å². The standard InChI is InChI=1S/C15H18FNO3/c1-17(13-9-5-4-8-12(13)16)14(18)10-6-2-3-7-11(10)15(19)20/h4-5,8-11H,2-3,6-7H2,1H3,(H,19,20)/t10-,11+/m1/s1. The highest BCUT2D eigenvalue weighted by Gasteiger charge is 2.37.